The van der Waals surface area contributed by atoms with Crippen molar-refractivity contribution in [1.29, 1.82) is 0 Å². The molecule has 0 spiro atoms. The maximum atomic E-state index is 10.5. The van der Waals surface area contributed by atoms with Crippen molar-refractivity contribution in [2.45, 2.75) is 20.8 Å². The summed E-state index contributed by atoms with van der Waals surface area (Å²) in [7, 11) is 0. The summed E-state index contributed by atoms with van der Waals surface area (Å²) in [5.74, 6) is -0.0168. The maximum Gasteiger partial charge on any atom is 0.248 e. The number of ether oxygens (including phenoxy) is 1. The van der Waals surface area contributed by atoms with Crippen LogP contribution in [-0.2, 0) is 14.3 Å². The summed E-state index contributed by atoms with van der Waals surface area (Å²) in [6, 6.07) is 0. The number of carbonyl (C=O) groups is 2. The molecule has 0 aromatic heterocycles. The molecule has 0 aliphatic rings. The molecule has 0 aromatic carbocycles. The Balaban J connectivity index is 0. The van der Waals surface area contributed by atoms with Crippen molar-refractivity contribution in [3.8, 4) is 0 Å². The fraction of sp³-hybridized carbons (Fsp3) is 0.538. The van der Waals surface area contributed by atoms with Gasteiger partial charge in [0.05, 0.1) is 6.61 Å². The first-order chi connectivity index (χ1) is 8.84. The number of carbonyl (C=O) groups excluding carboxylic acids is 2. The lowest BCUT2D eigenvalue weighted by atomic mass is 10.2. The van der Waals surface area contributed by atoms with Crippen LogP contribution in [0.25, 0.3) is 0 Å². The lowest BCUT2D eigenvalue weighted by Gasteiger charge is -2.06. The maximum absolute atomic E-state index is 10.5. The number of rotatable bonds is 7. The Morgan fingerprint density at radius 2 is 1.95 bits per heavy atom. The third kappa shape index (κ3) is 16.3. The Hall–Kier alpha value is -1.66. The van der Waals surface area contributed by atoms with Gasteiger partial charge in [-0.05, 0) is 18.9 Å². The number of aliphatic hydroxyl groups excluding tert-OH is 1. The third-order valence-electron chi connectivity index (χ3n) is 1.61. The predicted molar refractivity (Wildman–Crippen MR) is 74.0 cm³/mol. The Labute approximate surface area is 114 Å². The van der Waals surface area contributed by atoms with E-state index in [0.717, 1.165) is 0 Å². The Kier molecular flexibility index (Phi) is 13.2. The second-order valence-corrected chi connectivity index (χ2v) is 4.10. The highest BCUT2D eigenvalue weighted by molar-refractivity contribution is 5.91. The van der Waals surface area contributed by atoms with E-state index in [9.17, 15) is 9.59 Å². The van der Waals surface area contributed by atoms with E-state index in [0.29, 0.717) is 18.1 Å². The highest BCUT2D eigenvalue weighted by Gasteiger charge is 1.96. The standard InChI is InChI=1S/C8H15NO2.C5H9NO2/c1-4-8(10)9-6-11-5-7(2)3;1-4(2)5(8)6-3-7/h4,7H,1,5-6H2,2-3H3,(H,9,10);7H,1,3H2,2H3,(H,6,8). The normalized spacial score (nSPS) is 9.11. The molecule has 0 saturated heterocycles. The van der Waals surface area contributed by atoms with E-state index in [1.807, 2.05) is 0 Å². The number of aliphatic hydroxyl groups is 1. The minimum atomic E-state index is -0.328. The fourth-order valence-electron chi connectivity index (χ4n) is 0.712. The summed E-state index contributed by atoms with van der Waals surface area (Å²) >= 11 is 0. The van der Waals surface area contributed by atoms with E-state index in [-0.39, 0.29) is 25.3 Å². The van der Waals surface area contributed by atoms with Crippen molar-refractivity contribution in [3.05, 3.63) is 24.8 Å². The minimum absolute atomic E-state index is 0.200. The first-order valence-corrected chi connectivity index (χ1v) is 5.87. The van der Waals surface area contributed by atoms with Crippen LogP contribution < -0.4 is 10.6 Å². The van der Waals surface area contributed by atoms with E-state index in [1.54, 1.807) is 6.92 Å². The van der Waals surface area contributed by atoms with Gasteiger partial charge in [-0.25, -0.2) is 0 Å². The fourth-order valence-corrected chi connectivity index (χ4v) is 0.712. The van der Waals surface area contributed by atoms with Crippen LogP contribution in [0, 0.1) is 5.92 Å². The number of amides is 2. The van der Waals surface area contributed by atoms with Crippen LogP contribution in [0.15, 0.2) is 24.8 Å². The average Bonchev–Trinajstić information content (AvgIpc) is 2.35. The topological polar surface area (TPSA) is 87.7 Å². The summed E-state index contributed by atoms with van der Waals surface area (Å²) in [4.78, 5) is 20.9. The summed E-state index contributed by atoms with van der Waals surface area (Å²) in [6.45, 7) is 12.9. The molecular weight excluding hydrogens is 248 g/mol. The monoisotopic (exact) mass is 272 g/mol. The summed E-state index contributed by atoms with van der Waals surface area (Å²) in [5, 5.41) is 12.8. The Morgan fingerprint density at radius 3 is 2.26 bits per heavy atom. The molecule has 6 nitrogen and oxygen atoms in total. The first-order valence-electron chi connectivity index (χ1n) is 5.87. The second kappa shape index (κ2) is 12.8. The van der Waals surface area contributed by atoms with Crippen molar-refractivity contribution in [1.82, 2.24) is 10.6 Å². The van der Waals surface area contributed by atoms with Gasteiger partial charge < -0.3 is 20.5 Å². The quantitative estimate of drug-likeness (QED) is 0.359. The number of nitrogens with one attached hydrogen (secondary N) is 2. The highest BCUT2D eigenvalue weighted by atomic mass is 16.5. The Morgan fingerprint density at radius 1 is 1.37 bits per heavy atom. The van der Waals surface area contributed by atoms with Crippen molar-refractivity contribution < 1.29 is 19.4 Å². The highest BCUT2D eigenvalue weighted by Crippen LogP contribution is 1.90. The van der Waals surface area contributed by atoms with Gasteiger partial charge >= 0.3 is 0 Å². The molecule has 0 heterocycles. The molecule has 3 N–H and O–H groups in total. The lowest BCUT2D eigenvalue weighted by molar-refractivity contribution is -0.119. The summed E-state index contributed by atoms with van der Waals surface area (Å²) < 4.78 is 5.09. The molecule has 0 saturated carbocycles. The van der Waals surface area contributed by atoms with Gasteiger partial charge in [0.15, 0.2) is 0 Å². The largest absolute Gasteiger partial charge is 0.376 e. The molecule has 0 atom stereocenters. The molecular formula is C13H24N2O4. The second-order valence-electron chi connectivity index (χ2n) is 4.10. The molecule has 0 radical (unpaired) electrons. The SMILES string of the molecule is C=C(C)C(=O)NCO.C=CC(=O)NCOCC(C)C. The Bertz CT molecular complexity index is 301. The molecule has 2 amide bonds. The van der Waals surface area contributed by atoms with Gasteiger partial charge in [0.1, 0.15) is 13.5 Å². The molecule has 0 aliphatic heterocycles. The van der Waals surface area contributed by atoms with Gasteiger partial charge in [-0.1, -0.05) is 27.0 Å². The van der Waals surface area contributed by atoms with E-state index in [1.165, 1.54) is 6.08 Å². The molecule has 19 heavy (non-hydrogen) atoms. The van der Waals surface area contributed by atoms with Crippen LogP contribution in [-0.4, -0.2) is 37.0 Å². The van der Waals surface area contributed by atoms with Crippen LogP contribution in [0.2, 0.25) is 0 Å². The van der Waals surface area contributed by atoms with Gasteiger partial charge in [-0.15, -0.1) is 0 Å². The van der Waals surface area contributed by atoms with Gasteiger partial charge in [-0.2, -0.15) is 0 Å². The van der Waals surface area contributed by atoms with E-state index < -0.39 is 0 Å². The summed E-state index contributed by atoms with van der Waals surface area (Å²) in [6.07, 6.45) is 1.22. The van der Waals surface area contributed by atoms with Crippen LogP contribution in [0.3, 0.4) is 0 Å². The molecule has 0 aliphatic carbocycles. The van der Waals surface area contributed by atoms with E-state index >= 15 is 0 Å². The molecule has 110 valence electrons. The van der Waals surface area contributed by atoms with Crippen molar-refractivity contribution in [2.75, 3.05) is 20.1 Å². The van der Waals surface area contributed by atoms with Crippen molar-refractivity contribution in [3.63, 3.8) is 0 Å². The molecule has 0 rings (SSSR count). The molecule has 0 fully saturated rings. The van der Waals surface area contributed by atoms with E-state index in [2.05, 4.69) is 37.6 Å². The van der Waals surface area contributed by atoms with Crippen molar-refractivity contribution >= 4 is 11.8 Å². The number of hydrogen-bond acceptors (Lipinski definition) is 4. The zero-order chi connectivity index (χ0) is 15.3. The number of hydrogen-bond donors (Lipinski definition) is 3. The van der Waals surface area contributed by atoms with Gasteiger partial charge in [0.2, 0.25) is 11.8 Å². The van der Waals surface area contributed by atoms with Crippen LogP contribution in [0.1, 0.15) is 20.8 Å². The minimum Gasteiger partial charge on any atom is -0.376 e. The molecule has 0 unspecified atom stereocenters. The van der Waals surface area contributed by atoms with Gasteiger partial charge in [-0.3, -0.25) is 9.59 Å². The van der Waals surface area contributed by atoms with Crippen LogP contribution in [0.4, 0.5) is 0 Å². The van der Waals surface area contributed by atoms with Crippen LogP contribution in [0.5, 0.6) is 0 Å². The van der Waals surface area contributed by atoms with Crippen molar-refractivity contribution in [2.24, 2.45) is 5.92 Å². The van der Waals surface area contributed by atoms with Gasteiger partial charge in [0, 0.05) is 5.57 Å². The van der Waals surface area contributed by atoms with Crippen LogP contribution >= 0.6 is 0 Å². The predicted octanol–water partition coefficient (Wildman–Crippen LogP) is 0.547. The smallest absolute Gasteiger partial charge is 0.248 e. The lowest BCUT2D eigenvalue weighted by Crippen LogP contribution is -2.24. The molecule has 0 aromatic rings. The third-order valence-corrected chi connectivity index (χ3v) is 1.61. The molecule has 0 bridgehead atoms. The van der Waals surface area contributed by atoms with E-state index in [4.69, 9.17) is 9.84 Å². The average molecular weight is 272 g/mol. The zero-order valence-corrected chi connectivity index (χ0v) is 11.9. The first kappa shape index (κ1) is 19.7. The molecule has 6 heteroatoms. The van der Waals surface area contributed by atoms with Gasteiger partial charge in [0.25, 0.3) is 0 Å². The zero-order valence-electron chi connectivity index (χ0n) is 11.9. The summed E-state index contributed by atoms with van der Waals surface area (Å²) in [5.41, 5.74) is 0.402.